The lowest BCUT2D eigenvalue weighted by Gasteiger charge is -2.08. The minimum Gasteiger partial charge on any atom is -0.398 e. The first-order chi connectivity index (χ1) is 8.66. The third-order valence-electron chi connectivity index (χ3n) is 2.75. The molecule has 0 unspecified atom stereocenters. The van der Waals surface area contributed by atoms with Gasteiger partial charge in [0.25, 0.3) is 5.91 Å². The van der Waals surface area contributed by atoms with Crippen LogP contribution in [0.5, 0.6) is 0 Å². The molecule has 18 heavy (non-hydrogen) atoms. The molecule has 0 aliphatic heterocycles. The Hall–Kier alpha value is -2.29. The van der Waals surface area contributed by atoms with E-state index in [1.54, 1.807) is 12.1 Å². The maximum absolute atomic E-state index is 12.0. The van der Waals surface area contributed by atoms with Crippen LogP contribution < -0.4 is 11.1 Å². The maximum Gasteiger partial charge on any atom is 0.253 e. The summed E-state index contributed by atoms with van der Waals surface area (Å²) < 4.78 is 0. The van der Waals surface area contributed by atoms with Crippen LogP contribution in [0.3, 0.4) is 0 Å². The number of aryl methyl sites for hydroxylation is 1. The molecule has 3 nitrogen and oxygen atoms in total. The second-order valence-corrected chi connectivity index (χ2v) is 4.26. The minimum atomic E-state index is -0.139. The highest BCUT2D eigenvalue weighted by atomic mass is 16.1. The monoisotopic (exact) mass is 240 g/mol. The van der Waals surface area contributed by atoms with Gasteiger partial charge in [-0.25, -0.2) is 0 Å². The van der Waals surface area contributed by atoms with Crippen molar-refractivity contribution in [3.8, 4) is 0 Å². The molecule has 0 atom stereocenters. The quantitative estimate of drug-likeness (QED) is 0.810. The van der Waals surface area contributed by atoms with Crippen molar-refractivity contribution in [1.82, 2.24) is 5.32 Å². The van der Waals surface area contributed by atoms with Gasteiger partial charge in [0, 0.05) is 12.2 Å². The summed E-state index contributed by atoms with van der Waals surface area (Å²) in [4.78, 5) is 12.0. The van der Waals surface area contributed by atoms with Gasteiger partial charge in [-0.05, 0) is 24.6 Å². The molecule has 0 aliphatic rings. The van der Waals surface area contributed by atoms with E-state index in [4.69, 9.17) is 5.73 Å². The fraction of sp³-hybridized carbons (Fsp3) is 0.133. The van der Waals surface area contributed by atoms with E-state index in [-0.39, 0.29) is 5.91 Å². The number of amides is 1. The first-order valence-corrected chi connectivity index (χ1v) is 5.85. The Labute approximate surface area is 107 Å². The van der Waals surface area contributed by atoms with E-state index in [1.165, 1.54) is 0 Å². The van der Waals surface area contributed by atoms with Crippen molar-refractivity contribution in [2.75, 3.05) is 5.73 Å². The first kappa shape index (κ1) is 12.2. The van der Waals surface area contributed by atoms with Crippen LogP contribution in [0, 0.1) is 6.92 Å². The SMILES string of the molecule is Cc1ccc(N)c(C(=O)NCc2ccccc2)c1. The summed E-state index contributed by atoms with van der Waals surface area (Å²) in [5, 5.41) is 2.86. The molecule has 0 aromatic heterocycles. The molecule has 1 amide bonds. The minimum absolute atomic E-state index is 0.139. The zero-order valence-corrected chi connectivity index (χ0v) is 10.3. The van der Waals surface area contributed by atoms with Gasteiger partial charge in [-0.2, -0.15) is 0 Å². The number of benzene rings is 2. The molecule has 2 aromatic rings. The van der Waals surface area contributed by atoms with E-state index in [0.29, 0.717) is 17.8 Å². The number of nitrogens with one attached hydrogen (secondary N) is 1. The summed E-state index contributed by atoms with van der Waals surface area (Å²) in [6.45, 7) is 2.44. The smallest absolute Gasteiger partial charge is 0.253 e. The Morgan fingerprint density at radius 2 is 1.89 bits per heavy atom. The van der Waals surface area contributed by atoms with E-state index in [1.807, 2.05) is 43.3 Å². The molecule has 0 radical (unpaired) electrons. The van der Waals surface area contributed by atoms with Crippen molar-refractivity contribution < 1.29 is 4.79 Å². The number of hydrogen-bond acceptors (Lipinski definition) is 2. The van der Waals surface area contributed by atoms with Crippen molar-refractivity contribution in [2.45, 2.75) is 13.5 Å². The van der Waals surface area contributed by atoms with Crippen LogP contribution in [0.1, 0.15) is 21.5 Å². The Balaban J connectivity index is 2.06. The van der Waals surface area contributed by atoms with Gasteiger partial charge in [-0.3, -0.25) is 4.79 Å². The highest BCUT2D eigenvalue weighted by molar-refractivity contribution is 5.99. The van der Waals surface area contributed by atoms with Crippen LogP contribution in [0.25, 0.3) is 0 Å². The third-order valence-corrected chi connectivity index (χ3v) is 2.75. The molecule has 3 heteroatoms. The molecule has 2 rings (SSSR count). The summed E-state index contributed by atoms with van der Waals surface area (Å²) in [7, 11) is 0. The van der Waals surface area contributed by atoms with Crippen LogP contribution in [-0.2, 0) is 6.54 Å². The number of nitrogen functional groups attached to an aromatic ring is 1. The Morgan fingerprint density at radius 3 is 2.61 bits per heavy atom. The van der Waals surface area contributed by atoms with Gasteiger partial charge < -0.3 is 11.1 Å². The molecule has 3 N–H and O–H groups in total. The van der Waals surface area contributed by atoms with E-state index in [9.17, 15) is 4.79 Å². The van der Waals surface area contributed by atoms with Gasteiger partial charge in [0.2, 0.25) is 0 Å². The van der Waals surface area contributed by atoms with Gasteiger partial charge in [-0.1, -0.05) is 42.0 Å². The van der Waals surface area contributed by atoms with Crippen LogP contribution in [0.2, 0.25) is 0 Å². The molecule has 0 heterocycles. The zero-order valence-electron chi connectivity index (χ0n) is 10.3. The Morgan fingerprint density at radius 1 is 1.17 bits per heavy atom. The van der Waals surface area contributed by atoms with Gasteiger partial charge in [0.1, 0.15) is 0 Å². The summed E-state index contributed by atoms with van der Waals surface area (Å²) in [6, 6.07) is 15.2. The Bertz CT molecular complexity index is 550. The molecule has 0 spiro atoms. The van der Waals surface area contributed by atoms with E-state index in [0.717, 1.165) is 11.1 Å². The third kappa shape index (κ3) is 2.88. The van der Waals surface area contributed by atoms with Gasteiger partial charge in [0.15, 0.2) is 0 Å². The molecule has 0 fully saturated rings. The number of rotatable bonds is 3. The van der Waals surface area contributed by atoms with E-state index >= 15 is 0 Å². The maximum atomic E-state index is 12.0. The molecular weight excluding hydrogens is 224 g/mol. The second kappa shape index (κ2) is 5.36. The first-order valence-electron chi connectivity index (χ1n) is 5.85. The lowest BCUT2D eigenvalue weighted by molar-refractivity contribution is 0.0951. The lowest BCUT2D eigenvalue weighted by atomic mass is 10.1. The standard InChI is InChI=1S/C15H16N2O/c1-11-7-8-14(16)13(9-11)15(18)17-10-12-5-3-2-4-6-12/h2-9H,10,16H2,1H3,(H,17,18). The summed E-state index contributed by atoms with van der Waals surface area (Å²) in [5.41, 5.74) is 8.93. The average Bonchev–Trinajstić information content (AvgIpc) is 2.40. The molecular formula is C15H16N2O. The predicted octanol–water partition coefficient (Wildman–Crippen LogP) is 2.51. The van der Waals surface area contributed by atoms with Crippen molar-refractivity contribution in [1.29, 1.82) is 0 Å². The number of hydrogen-bond donors (Lipinski definition) is 2. The molecule has 0 aliphatic carbocycles. The van der Waals surface area contributed by atoms with Crippen molar-refractivity contribution in [2.24, 2.45) is 0 Å². The van der Waals surface area contributed by atoms with Gasteiger partial charge in [0.05, 0.1) is 5.56 Å². The van der Waals surface area contributed by atoms with Gasteiger partial charge in [-0.15, -0.1) is 0 Å². The van der Waals surface area contributed by atoms with Crippen molar-refractivity contribution >= 4 is 11.6 Å². The average molecular weight is 240 g/mol. The molecule has 2 aromatic carbocycles. The van der Waals surface area contributed by atoms with E-state index in [2.05, 4.69) is 5.32 Å². The van der Waals surface area contributed by atoms with Crippen LogP contribution in [0.15, 0.2) is 48.5 Å². The summed E-state index contributed by atoms with van der Waals surface area (Å²) in [5.74, 6) is -0.139. The number of carbonyl (C=O) groups is 1. The molecule has 0 saturated heterocycles. The zero-order chi connectivity index (χ0) is 13.0. The topological polar surface area (TPSA) is 55.1 Å². The highest BCUT2D eigenvalue weighted by Crippen LogP contribution is 2.13. The lowest BCUT2D eigenvalue weighted by Crippen LogP contribution is -2.23. The van der Waals surface area contributed by atoms with Crippen LogP contribution in [0.4, 0.5) is 5.69 Å². The van der Waals surface area contributed by atoms with Crippen molar-refractivity contribution in [3.05, 3.63) is 65.2 Å². The fourth-order valence-corrected chi connectivity index (χ4v) is 1.74. The van der Waals surface area contributed by atoms with Crippen molar-refractivity contribution in [3.63, 3.8) is 0 Å². The number of carbonyl (C=O) groups excluding carboxylic acids is 1. The highest BCUT2D eigenvalue weighted by Gasteiger charge is 2.09. The predicted molar refractivity (Wildman–Crippen MR) is 73.2 cm³/mol. The Kier molecular flexibility index (Phi) is 3.63. The van der Waals surface area contributed by atoms with Gasteiger partial charge >= 0.3 is 0 Å². The number of anilines is 1. The summed E-state index contributed by atoms with van der Waals surface area (Å²) >= 11 is 0. The molecule has 0 saturated carbocycles. The van der Waals surface area contributed by atoms with Crippen LogP contribution in [-0.4, -0.2) is 5.91 Å². The normalized spacial score (nSPS) is 10.1. The van der Waals surface area contributed by atoms with E-state index < -0.39 is 0 Å². The second-order valence-electron chi connectivity index (χ2n) is 4.26. The van der Waals surface area contributed by atoms with Crippen LogP contribution >= 0.6 is 0 Å². The molecule has 0 bridgehead atoms. The summed E-state index contributed by atoms with van der Waals surface area (Å²) in [6.07, 6.45) is 0. The largest absolute Gasteiger partial charge is 0.398 e. The molecule has 92 valence electrons. The fourth-order valence-electron chi connectivity index (χ4n) is 1.74. The number of nitrogens with two attached hydrogens (primary N) is 1.